The second kappa shape index (κ2) is 7.75. The summed E-state index contributed by atoms with van der Waals surface area (Å²) in [5.74, 6) is -0.0689. The second-order valence-corrected chi connectivity index (χ2v) is 5.64. The molecule has 0 heterocycles. The lowest BCUT2D eigenvalue weighted by Gasteiger charge is -2.24. The van der Waals surface area contributed by atoms with Gasteiger partial charge in [0, 0.05) is 18.3 Å². The molecule has 0 atom stereocenters. The molecule has 1 aromatic rings. The summed E-state index contributed by atoms with van der Waals surface area (Å²) in [7, 11) is 1.78. The number of likely N-dealkylation sites (N-methyl/N-ethyl adjacent to an activating group) is 1. The molecule has 1 aliphatic rings. The van der Waals surface area contributed by atoms with Crippen molar-refractivity contribution in [3.63, 3.8) is 0 Å². The number of hydrogen-bond acceptors (Lipinski definition) is 3. The molecule has 1 N–H and O–H groups in total. The van der Waals surface area contributed by atoms with Gasteiger partial charge in [0.1, 0.15) is 0 Å². The molecule has 0 aromatic heterocycles. The molecular weight excluding hydrogens is 278 g/mol. The number of rotatable bonds is 8. The highest BCUT2D eigenvalue weighted by Gasteiger charge is 2.24. The SMILES string of the molecule is C=CCN(C(=O)CN(C)CC(=O)NC1CC1)c1ccccc1. The maximum Gasteiger partial charge on any atom is 0.241 e. The van der Waals surface area contributed by atoms with Crippen LogP contribution in [0, 0.1) is 0 Å². The van der Waals surface area contributed by atoms with Crippen molar-refractivity contribution in [2.45, 2.75) is 18.9 Å². The topological polar surface area (TPSA) is 52.7 Å². The monoisotopic (exact) mass is 301 g/mol. The summed E-state index contributed by atoms with van der Waals surface area (Å²) in [5, 5.41) is 2.92. The Labute approximate surface area is 131 Å². The molecule has 1 saturated carbocycles. The van der Waals surface area contributed by atoms with E-state index >= 15 is 0 Å². The average Bonchev–Trinajstić information content (AvgIpc) is 3.29. The molecule has 1 aliphatic carbocycles. The Bertz CT molecular complexity index is 526. The van der Waals surface area contributed by atoms with Crippen LogP contribution >= 0.6 is 0 Å². The largest absolute Gasteiger partial charge is 0.352 e. The predicted molar refractivity (Wildman–Crippen MR) is 87.7 cm³/mol. The van der Waals surface area contributed by atoms with E-state index in [1.165, 1.54) is 0 Å². The van der Waals surface area contributed by atoms with Crippen LogP contribution in [0.4, 0.5) is 5.69 Å². The normalized spacial score (nSPS) is 13.7. The maximum atomic E-state index is 12.5. The molecule has 0 bridgehead atoms. The van der Waals surface area contributed by atoms with Gasteiger partial charge in [-0.15, -0.1) is 6.58 Å². The zero-order chi connectivity index (χ0) is 15.9. The van der Waals surface area contributed by atoms with Crippen molar-refractivity contribution in [1.29, 1.82) is 0 Å². The van der Waals surface area contributed by atoms with Crippen molar-refractivity contribution < 1.29 is 9.59 Å². The Balaban J connectivity index is 1.89. The number of nitrogens with zero attached hydrogens (tertiary/aromatic N) is 2. The Hall–Kier alpha value is -2.14. The zero-order valence-corrected chi connectivity index (χ0v) is 13.0. The lowest BCUT2D eigenvalue weighted by molar-refractivity contribution is -0.123. The van der Waals surface area contributed by atoms with Gasteiger partial charge in [-0.25, -0.2) is 0 Å². The van der Waals surface area contributed by atoms with E-state index in [9.17, 15) is 9.59 Å². The van der Waals surface area contributed by atoms with Gasteiger partial charge in [0.15, 0.2) is 0 Å². The molecule has 1 fully saturated rings. The summed E-state index contributed by atoms with van der Waals surface area (Å²) in [4.78, 5) is 27.6. The minimum Gasteiger partial charge on any atom is -0.352 e. The highest BCUT2D eigenvalue weighted by Crippen LogP contribution is 2.18. The highest BCUT2D eigenvalue weighted by molar-refractivity contribution is 5.95. The van der Waals surface area contributed by atoms with E-state index in [0.29, 0.717) is 12.6 Å². The summed E-state index contributed by atoms with van der Waals surface area (Å²) in [6.45, 7) is 4.58. The van der Waals surface area contributed by atoms with Crippen molar-refractivity contribution in [3.05, 3.63) is 43.0 Å². The van der Waals surface area contributed by atoms with Gasteiger partial charge in [-0.05, 0) is 32.0 Å². The number of para-hydroxylation sites is 1. The van der Waals surface area contributed by atoms with Crippen LogP contribution in [-0.4, -0.2) is 49.4 Å². The number of hydrogen-bond donors (Lipinski definition) is 1. The van der Waals surface area contributed by atoms with Crippen LogP contribution in [0.1, 0.15) is 12.8 Å². The van der Waals surface area contributed by atoms with Crippen molar-refractivity contribution in [3.8, 4) is 0 Å². The molecule has 5 heteroatoms. The lowest BCUT2D eigenvalue weighted by atomic mass is 10.2. The van der Waals surface area contributed by atoms with Crippen molar-refractivity contribution in [1.82, 2.24) is 10.2 Å². The first-order valence-electron chi connectivity index (χ1n) is 7.54. The number of anilines is 1. The van der Waals surface area contributed by atoms with Crippen LogP contribution in [-0.2, 0) is 9.59 Å². The fraction of sp³-hybridized carbons (Fsp3) is 0.412. The number of benzene rings is 1. The van der Waals surface area contributed by atoms with Crippen LogP contribution in [0.25, 0.3) is 0 Å². The van der Waals surface area contributed by atoms with Crippen LogP contribution in [0.3, 0.4) is 0 Å². The fourth-order valence-electron chi connectivity index (χ4n) is 2.21. The van der Waals surface area contributed by atoms with E-state index < -0.39 is 0 Å². The molecule has 0 unspecified atom stereocenters. The molecule has 5 nitrogen and oxygen atoms in total. The Morgan fingerprint density at radius 3 is 2.55 bits per heavy atom. The molecule has 0 saturated heterocycles. The average molecular weight is 301 g/mol. The zero-order valence-electron chi connectivity index (χ0n) is 13.0. The van der Waals surface area contributed by atoms with Crippen LogP contribution in [0.15, 0.2) is 43.0 Å². The third-order valence-corrected chi connectivity index (χ3v) is 3.44. The van der Waals surface area contributed by atoms with E-state index in [2.05, 4.69) is 11.9 Å². The quantitative estimate of drug-likeness (QED) is 0.739. The summed E-state index contributed by atoms with van der Waals surface area (Å²) in [6.07, 6.45) is 3.83. The Kier molecular flexibility index (Phi) is 5.72. The third kappa shape index (κ3) is 5.00. The third-order valence-electron chi connectivity index (χ3n) is 3.44. The van der Waals surface area contributed by atoms with E-state index in [1.54, 1.807) is 22.9 Å². The van der Waals surface area contributed by atoms with Gasteiger partial charge in [0.05, 0.1) is 13.1 Å². The summed E-state index contributed by atoms with van der Waals surface area (Å²) < 4.78 is 0. The van der Waals surface area contributed by atoms with Gasteiger partial charge in [-0.2, -0.15) is 0 Å². The van der Waals surface area contributed by atoms with Gasteiger partial charge >= 0.3 is 0 Å². The first-order valence-corrected chi connectivity index (χ1v) is 7.54. The molecule has 0 radical (unpaired) electrons. The maximum absolute atomic E-state index is 12.5. The van der Waals surface area contributed by atoms with Gasteiger partial charge in [-0.3, -0.25) is 14.5 Å². The minimum atomic E-state index is -0.0483. The molecule has 2 amide bonds. The number of amides is 2. The van der Waals surface area contributed by atoms with E-state index in [0.717, 1.165) is 18.5 Å². The minimum absolute atomic E-state index is 0.0206. The van der Waals surface area contributed by atoms with E-state index in [1.807, 2.05) is 30.3 Å². The number of nitrogens with one attached hydrogen (secondary N) is 1. The first kappa shape index (κ1) is 16.2. The predicted octanol–water partition coefficient (Wildman–Crippen LogP) is 1.42. The second-order valence-electron chi connectivity index (χ2n) is 5.64. The molecule has 0 aliphatic heterocycles. The number of carbonyl (C=O) groups excluding carboxylic acids is 2. The molecule has 118 valence electrons. The fourth-order valence-corrected chi connectivity index (χ4v) is 2.21. The van der Waals surface area contributed by atoms with E-state index in [4.69, 9.17) is 0 Å². The van der Waals surface area contributed by atoms with Crippen molar-refractivity contribution >= 4 is 17.5 Å². The van der Waals surface area contributed by atoms with Crippen LogP contribution in [0.2, 0.25) is 0 Å². The van der Waals surface area contributed by atoms with Gasteiger partial charge in [0.25, 0.3) is 0 Å². The lowest BCUT2D eigenvalue weighted by Crippen LogP contribution is -2.43. The standard InChI is InChI=1S/C17H23N3O2/c1-3-11-20(15-7-5-4-6-8-15)17(22)13-19(2)12-16(21)18-14-9-10-14/h3-8,14H,1,9-13H2,2H3,(H,18,21). The van der Waals surface area contributed by atoms with Gasteiger partial charge in [-0.1, -0.05) is 24.3 Å². The smallest absolute Gasteiger partial charge is 0.241 e. The summed E-state index contributed by atoms with van der Waals surface area (Å²) in [6, 6.07) is 9.83. The Morgan fingerprint density at radius 2 is 1.95 bits per heavy atom. The molecule has 2 rings (SSSR count). The number of carbonyl (C=O) groups is 2. The molecular formula is C17H23N3O2. The first-order chi connectivity index (χ1) is 10.6. The molecule has 0 spiro atoms. The van der Waals surface area contributed by atoms with Gasteiger partial charge in [0.2, 0.25) is 11.8 Å². The molecule has 22 heavy (non-hydrogen) atoms. The molecule has 1 aromatic carbocycles. The van der Waals surface area contributed by atoms with Crippen LogP contribution in [0.5, 0.6) is 0 Å². The van der Waals surface area contributed by atoms with E-state index in [-0.39, 0.29) is 24.9 Å². The highest BCUT2D eigenvalue weighted by atomic mass is 16.2. The summed E-state index contributed by atoms with van der Waals surface area (Å²) in [5.41, 5.74) is 0.836. The summed E-state index contributed by atoms with van der Waals surface area (Å²) >= 11 is 0. The Morgan fingerprint density at radius 1 is 1.27 bits per heavy atom. The van der Waals surface area contributed by atoms with Gasteiger partial charge < -0.3 is 10.2 Å². The van der Waals surface area contributed by atoms with Crippen molar-refractivity contribution in [2.24, 2.45) is 0 Å². The van der Waals surface area contributed by atoms with Crippen molar-refractivity contribution in [2.75, 3.05) is 31.6 Å². The van der Waals surface area contributed by atoms with Crippen LogP contribution < -0.4 is 10.2 Å².